The molecule has 1 atom stereocenters. The zero-order chi connectivity index (χ0) is 13.7. The highest BCUT2D eigenvalue weighted by Crippen LogP contribution is 2.38. The van der Waals surface area contributed by atoms with E-state index < -0.39 is 0 Å². The molecule has 20 heavy (non-hydrogen) atoms. The fourth-order valence-electron chi connectivity index (χ4n) is 3.25. The summed E-state index contributed by atoms with van der Waals surface area (Å²) in [6.07, 6.45) is 6.04. The summed E-state index contributed by atoms with van der Waals surface area (Å²) in [6, 6.07) is 6.98. The van der Waals surface area contributed by atoms with Gasteiger partial charge in [0.25, 0.3) is 0 Å². The third kappa shape index (κ3) is 1.52. The minimum absolute atomic E-state index is 0.00971. The molecule has 3 heteroatoms. The normalized spacial score (nSPS) is 24.4. The van der Waals surface area contributed by atoms with Gasteiger partial charge in [0.15, 0.2) is 11.5 Å². The van der Waals surface area contributed by atoms with Crippen molar-refractivity contribution in [2.45, 2.75) is 31.8 Å². The number of rotatable bonds is 0. The molecule has 1 heterocycles. The third-order valence-corrected chi connectivity index (χ3v) is 4.30. The van der Waals surface area contributed by atoms with Crippen molar-refractivity contribution in [2.24, 2.45) is 0 Å². The maximum absolute atomic E-state index is 12.5. The lowest BCUT2D eigenvalue weighted by Gasteiger charge is -2.33. The molecule has 100 valence electrons. The van der Waals surface area contributed by atoms with Gasteiger partial charge in [-0.25, -0.2) is 0 Å². The predicted octanol–water partition coefficient (Wildman–Crippen LogP) is 3.22. The molecule has 0 spiro atoms. The van der Waals surface area contributed by atoms with Crippen LogP contribution in [0.25, 0.3) is 0 Å². The lowest BCUT2D eigenvalue weighted by Crippen LogP contribution is -2.31. The maximum Gasteiger partial charge on any atom is 0.229 e. The first-order valence-electron chi connectivity index (χ1n) is 7.05. The minimum atomic E-state index is -0.156. The standard InChI is InChI=1S/C17H14O3/c18-15-11-6-2-3-7-12(11)16(19)17-13(15)9-10-5-1-4-8-14(10)20-17/h2-3,6-7,9,14H,1,4-5,8H2. The van der Waals surface area contributed by atoms with Gasteiger partial charge in [0.1, 0.15) is 6.10 Å². The van der Waals surface area contributed by atoms with E-state index in [1.165, 1.54) is 0 Å². The Morgan fingerprint density at radius 2 is 1.75 bits per heavy atom. The van der Waals surface area contributed by atoms with Crippen LogP contribution in [0.1, 0.15) is 46.4 Å². The van der Waals surface area contributed by atoms with Crippen LogP contribution in [0.2, 0.25) is 0 Å². The second kappa shape index (κ2) is 4.17. The topological polar surface area (TPSA) is 43.4 Å². The van der Waals surface area contributed by atoms with Gasteiger partial charge in [0, 0.05) is 11.1 Å². The van der Waals surface area contributed by atoms with Crippen LogP contribution in [0.3, 0.4) is 0 Å². The molecule has 0 radical (unpaired) electrons. The monoisotopic (exact) mass is 266 g/mol. The number of carbonyl (C=O) groups excluding carboxylic acids is 2. The van der Waals surface area contributed by atoms with E-state index in [0.717, 1.165) is 31.3 Å². The van der Waals surface area contributed by atoms with Crippen LogP contribution in [-0.2, 0) is 4.74 Å². The van der Waals surface area contributed by atoms with E-state index in [-0.39, 0.29) is 23.4 Å². The minimum Gasteiger partial charge on any atom is -0.481 e. The number of ketones is 2. The number of benzene rings is 1. The van der Waals surface area contributed by atoms with E-state index in [2.05, 4.69) is 0 Å². The van der Waals surface area contributed by atoms with E-state index in [4.69, 9.17) is 4.74 Å². The van der Waals surface area contributed by atoms with Gasteiger partial charge in [-0.05, 0) is 37.3 Å². The molecule has 4 rings (SSSR count). The maximum atomic E-state index is 12.5. The van der Waals surface area contributed by atoms with Crippen LogP contribution >= 0.6 is 0 Å². The van der Waals surface area contributed by atoms with Gasteiger partial charge in [-0.3, -0.25) is 9.59 Å². The number of fused-ring (bicyclic) bond motifs is 2. The number of hydrogen-bond donors (Lipinski definition) is 0. The van der Waals surface area contributed by atoms with E-state index in [9.17, 15) is 9.59 Å². The Hall–Kier alpha value is -2.16. The molecule has 3 nitrogen and oxygen atoms in total. The van der Waals surface area contributed by atoms with Gasteiger partial charge >= 0.3 is 0 Å². The van der Waals surface area contributed by atoms with Crippen molar-refractivity contribution in [3.8, 4) is 0 Å². The summed E-state index contributed by atoms with van der Waals surface area (Å²) in [5.74, 6) is 0.00662. The number of allylic oxidation sites excluding steroid dienone is 3. The Morgan fingerprint density at radius 1 is 1.00 bits per heavy atom. The van der Waals surface area contributed by atoms with Crippen LogP contribution in [-0.4, -0.2) is 17.7 Å². The fourth-order valence-corrected chi connectivity index (χ4v) is 3.25. The molecule has 2 aliphatic carbocycles. The molecule has 0 N–H and O–H groups in total. The number of hydrogen-bond acceptors (Lipinski definition) is 3. The van der Waals surface area contributed by atoms with Crippen molar-refractivity contribution in [3.63, 3.8) is 0 Å². The molecule has 3 aliphatic rings. The first kappa shape index (κ1) is 11.6. The van der Waals surface area contributed by atoms with Crippen LogP contribution < -0.4 is 0 Å². The largest absolute Gasteiger partial charge is 0.481 e. The van der Waals surface area contributed by atoms with Crippen LogP contribution in [0.15, 0.2) is 47.2 Å². The van der Waals surface area contributed by atoms with Gasteiger partial charge in [-0.2, -0.15) is 0 Å². The van der Waals surface area contributed by atoms with Gasteiger partial charge in [-0.15, -0.1) is 0 Å². The first-order valence-corrected chi connectivity index (χ1v) is 7.05. The average molecular weight is 266 g/mol. The fraction of sp³-hybridized carbons (Fsp3) is 0.294. The zero-order valence-corrected chi connectivity index (χ0v) is 11.0. The summed E-state index contributed by atoms with van der Waals surface area (Å²) in [5, 5.41) is 0. The van der Waals surface area contributed by atoms with Crippen molar-refractivity contribution in [1.82, 2.24) is 0 Å². The molecular weight excluding hydrogens is 252 g/mol. The summed E-state index contributed by atoms with van der Waals surface area (Å²) < 4.78 is 5.87. The van der Waals surface area contributed by atoms with E-state index in [1.807, 2.05) is 6.08 Å². The molecular formula is C17H14O3. The number of ether oxygens (including phenoxy) is 1. The Bertz CT molecular complexity index is 694. The Labute approximate surface area is 116 Å². The highest BCUT2D eigenvalue weighted by atomic mass is 16.5. The first-order chi connectivity index (χ1) is 9.75. The Balaban J connectivity index is 1.86. The van der Waals surface area contributed by atoms with Gasteiger partial charge in [0.05, 0.1) is 5.57 Å². The van der Waals surface area contributed by atoms with E-state index >= 15 is 0 Å². The van der Waals surface area contributed by atoms with Gasteiger partial charge in [-0.1, -0.05) is 24.3 Å². The van der Waals surface area contributed by atoms with Gasteiger partial charge < -0.3 is 4.74 Å². The molecule has 0 amide bonds. The van der Waals surface area contributed by atoms with E-state index in [0.29, 0.717) is 16.7 Å². The molecule has 1 saturated carbocycles. The molecule has 0 bridgehead atoms. The Kier molecular flexibility index (Phi) is 2.43. The molecule has 0 aromatic heterocycles. The smallest absolute Gasteiger partial charge is 0.229 e. The number of Topliss-reactive ketones (excluding diaryl/α,β-unsaturated/α-hetero) is 2. The summed E-state index contributed by atoms with van der Waals surface area (Å²) in [4.78, 5) is 25.0. The summed E-state index contributed by atoms with van der Waals surface area (Å²) in [5.41, 5.74) is 2.56. The molecule has 1 unspecified atom stereocenters. The quantitative estimate of drug-likeness (QED) is 0.724. The highest BCUT2D eigenvalue weighted by Gasteiger charge is 2.37. The predicted molar refractivity (Wildman–Crippen MR) is 73.6 cm³/mol. The molecule has 1 aliphatic heterocycles. The van der Waals surface area contributed by atoms with E-state index in [1.54, 1.807) is 24.3 Å². The average Bonchev–Trinajstić information content (AvgIpc) is 2.51. The SMILES string of the molecule is O=C1C2=C(OC3CCCCC3=C2)C(=O)c2ccccc21. The molecule has 0 saturated heterocycles. The summed E-state index contributed by atoms with van der Waals surface area (Å²) >= 11 is 0. The third-order valence-electron chi connectivity index (χ3n) is 4.30. The lowest BCUT2D eigenvalue weighted by atomic mass is 9.82. The second-order valence-electron chi connectivity index (χ2n) is 5.52. The zero-order valence-electron chi connectivity index (χ0n) is 11.0. The number of carbonyl (C=O) groups is 2. The molecule has 1 fully saturated rings. The van der Waals surface area contributed by atoms with Crippen molar-refractivity contribution in [1.29, 1.82) is 0 Å². The van der Waals surface area contributed by atoms with Crippen molar-refractivity contribution in [3.05, 3.63) is 58.4 Å². The summed E-state index contributed by atoms with van der Waals surface area (Å²) in [6.45, 7) is 0. The summed E-state index contributed by atoms with van der Waals surface area (Å²) in [7, 11) is 0. The van der Waals surface area contributed by atoms with Crippen molar-refractivity contribution in [2.75, 3.05) is 0 Å². The van der Waals surface area contributed by atoms with Crippen LogP contribution in [0.4, 0.5) is 0 Å². The molecule has 1 aromatic carbocycles. The van der Waals surface area contributed by atoms with Gasteiger partial charge in [0.2, 0.25) is 5.78 Å². The van der Waals surface area contributed by atoms with Crippen LogP contribution in [0, 0.1) is 0 Å². The molecule has 1 aromatic rings. The van der Waals surface area contributed by atoms with Crippen molar-refractivity contribution >= 4 is 11.6 Å². The second-order valence-corrected chi connectivity index (χ2v) is 5.52. The van der Waals surface area contributed by atoms with Crippen LogP contribution in [0.5, 0.6) is 0 Å². The Morgan fingerprint density at radius 3 is 2.55 bits per heavy atom. The highest BCUT2D eigenvalue weighted by molar-refractivity contribution is 6.27. The van der Waals surface area contributed by atoms with Crippen molar-refractivity contribution < 1.29 is 14.3 Å². The lowest BCUT2D eigenvalue weighted by molar-refractivity contribution is 0.0731.